The van der Waals surface area contributed by atoms with Gasteiger partial charge in [0.1, 0.15) is 11.3 Å². The van der Waals surface area contributed by atoms with Crippen molar-refractivity contribution >= 4 is 5.57 Å². The first-order valence-corrected chi connectivity index (χ1v) is 7.53. The molecular weight excluding hydrogens is 275 g/mol. The molecule has 0 spiro atoms. The van der Waals surface area contributed by atoms with Gasteiger partial charge in [0.05, 0.1) is 6.54 Å². The standard InChI is InChI=1S/C17H15FN2.C2H6.H2/c1-3-12-11(2)8-9-19-17-16(12)14(10-20-17)13-6-4-5-7-15(13)18;1-2;/h3-8,10H,1,9H2,2H3,(H,19,20);1-2H3;1H. The van der Waals surface area contributed by atoms with Gasteiger partial charge in [-0.05, 0) is 24.1 Å². The summed E-state index contributed by atoms with van der Waals surface area (Å²) in [7, 11) is 0. The Bertz CT molecular complexity index is 831. The van der Waals surface area contributed by atoms with Crippen molar-refractivity contribution in [1.82, 2.24) is 4.98 Å². The number of benzene rings is 1. The van der Waals surface area contributed by atoms with Gasteiger partial charge in [-0.3, -0.25) is 4.99 Å². The van der Waals surface area contributed by atoms with Crippen LogP contribution in [-0.2, 0) is 0 Å². The molecule has 1 aliphatic rings. The molecule has 0 saturated carbocycles. The quantitative estimate of drug-likeness (QED) is 0.868. The van der Waals surface area contributed by atoms with E-state index in [4.69, 9.17) is 0 Å². The predicted octanol–water partition coefficient (Wildman–Crippen LogP) is 4.01. The largest absolute Gasteiger partial charge is 0.346 e. The predicted molar refractivity (Wildman–Crippen MR) is 92.7 cm³/mol. The Kier molecular flexibility index (Phi) is 5.10. The van der Waals surface area contributed by atoms with E-state index in [0.717, 1.165) is 27.4 Å². The lowest BCUT2D eigenvalue weighted by Crippen LogP contribution is -2.26. The highest BCUT2D eigenvalue weighted by Gasteiger charge is 2.12. The molecule has 0 radical (unpaired) electrons. The van der Waals surface area contributed by atoms with Gasteiger partial charge >= 0.3 is 0 Å². The lowest BCUT2D eigenvalue weighted by Gasteiger charge is -2.04. The van der Waals surface area contributed by atoms with E-state index in [2.05, 4.69) is 22.6 Å². The monoisotopic (exact) mass is 298 g/mol. The Morgan fingerprint density at radius 3 is 2.68 bits per heavy atom. The van der Waals surface area contributed by atoms with E-state index in [1.165, 1.54) is 6.07 Å². The zero-order valence-corrected chi connectivity index (χ0v) is 13.3. The number of allylic oxidation sites excluding steroid dienone is 2. The second-order valence-corrected chi connectivity index (χ2v) is 4.75. The van der Waals surface area contributed by atoms with Crippen LogP contribution in [0.3, 0.4) is 0 Å². The topological polar surface area (TPSA) is 28.1 Å². The molecule has 116 valence electrons. The third kappa shape index (κ3) is 2.80. The van der Waals surface area contributed by atoms with Crippen molar-refractivity contribution in [1.29, 1.82) is 0 Å². The summed E-state index contributed by atoms with van der Waals surface area (Å²) in [5, 5.41) is 0.927. The minimum atomic E-state index is -0.233. The fourth-order valence-electron chi connectivity index (χ4n) is 2.55. The molecule has 22 heavy (non-hydrogen) atoms. The minimum absolute atomic E-state index is 0. The summed E-state index contributed by atoms with van der Waals surface area (Å²) in [5.41, 5.74) is 4.30. The third-order valence-corrected chi connectivity index (χ3v) is 3.57. The number of nitrogens with zero attached hydrogens (tertiary/aromatic N) is 1. The Hall–Kier alpha value is -2.42. The summed E-state index contributed by atoms with van der Waals surface area (Å²) in [6.07, 6.45) is 5.67. The van der Waals surface area contributed by atoms with Crippen molar-refractivity contribution in [3.05, 3.63) is 71.3 Å². The average molecular weight is 298 g/mol. The first-order valence-electron chi connectivity index (χ1n) is 7.53. The second kappa shape index (κ2) is 7.03. The summed E-state index contributed by atoms with van der Waals surface area (Å²) < 4.78 is 14.1. The number of aromatic amines is 1. The van der Waals surface area contributed by atoms with Crippen molar-refractivity contribution in [2.45, 2.75) is 20.8 Å². The third-order valence-electron chi connectivity index (χ3n) is 3.57. The van der Waals surface area contributed by atoms with Crippen molar-refractivity contribution in [3.63, 3.8) is 0 Å². The van der Waals surface area contributed by atoms with Crippen LogP contribution in [0.25, 0.3) is 16.7 Å². The van der Waals surface area contributed by atoms with Gasteiger partial charge in [-0.15, -0.1) is 0 Å². The summed E-state index contributed by atoms with van der Waals surface area (Å²) in [6, 6.07) is 6.78. The van der Waals surface area contributed by atoms with Gasteiger partial charge in [-0.25, -0.2) is 4.39 Å². The number of nitrogens with one attached hydrogen (secondary N) is 1. The summed E-state index contributed by atoms with van der Waals surface area (Å²) in [5.74, 6) is -0.233. The van der Waals surface area contributed by atoms with Gasteiger partial charge in [0.25, 0.3) is 0 Å². The lowest BCUT2D eigenvalue weighted by molar-refractivity contribution is 0.631. The van der Waals surface area contributed by atoms with Crippen molar-refractivity contribution in [3.8, 4) is 11.1 Å². The molecule has 0 fully saturated rings. The highest BCUT2D eigenvalue weighted by Crippen LogP contribution is 2.20. The highest BCUT2D eigenvalue weighted by molar-refractivity contribution is 5.78. The summed E-state index contributed by atoms with van der Waals surface area (Å²) >= 11 is 0. The van der Waals surface area contributed by atoms with Crippen LogP contribution in [0, 0.1) is 5.82 Å². The fraction of sp³-hybridized carbons (Fsp3) is 0.211. The summed E-state index contributed by atoms with van der Waals surface area (Å²) in [4.78, 5) is 7.63. The number of halogens is 1. The van der Waals surface area contributed by atoms with Crippen LogP contribution in [0.5, 0.6) is 0 Å². The van der Waals surface area contributed by atoms with E-state index >= 15 is 0 Å². The zero-order chi connectivity index (χ0) is 16.1. The number of hydrogen-bond acceptors (Lipinski definition) is 1. The number of rotatable bonds is 2. The molecule has 2 nitrogen and oxygen atoms in total. The Balaban J connectivity index is 0.000000849. The van der Waals surface area contributed by atoms with E-state index < -0.39 is 0 Å². The van der Waals surface area contributed by atoms with Crippen LogP contribution in [-0.4, -0.2) is 11.5 Å². The molecular formula is C19H23FN2. The smallest absolute Gasteiger partial charge is 0.133 e. The van der Waals surface area contributed by atoms with E-state index in [-0.39, 0.29) is 7.24 Å². The Morgan fingerprint density at radius 2 is 2.00 bits per heavy atom. The van der Waals surface area contributed by atoms with Gasteiger partial charge in [0.2, 0.25) is 0 Å². The maximum atomic E-state index is 14.1. The van der Waals surface area contributed by atoms with Crippen LogP contribution in [0.15, 0.2) is 59.8 Å². The molecule has 0 atom stereocenters. The Morgan fingerprint density at radius 1 is 1.27 bits per heavy atom. The van der Waals surface area contributed by atoms with Crippen LogP contribution in [0.4, 0.5) is 4.39 Å². The summed E-state index contributed by atoms with van der Waals surface area (Å²) in [6.45, 7) is 10.5. The molecule has 0 unspecified atom stereocenters. The van der Waals surface area contributed by atoms with Crippen molar-refractivity contribution in [2.24, 2.45) is 4.99 Å². The molecule has 1 aromatic heterocycles. The van der Waals surface area contributed by atoms with E-state index in [1.54, 1.807) is 12.1 Å². The second-order valence-electron chi connectivity index (χ2n) is 4.75. The Labute approximate surface area is 131 Å². The van der Waals surface area contributed by atoms with Gasteiger partial charge in [0.15, 0.2) is 0 Å². The number of aromatic nitrogens is 1. The molecule has 1 aromatic carbocycles. The fourth-order valence-corrected chi connectivity index (χ4v) is 2.55. The number of hydrogen-bond donors (Lipinski definition) is 1. The first kappa shape index (κ1) is 16.0. The van der Waals surface area contributed by atoms with Gasteiger partial charge in [-0.2, -0.15) is 0 Å². The lowest BCUT2D eigenvalue weighted by atomic mass is 10.00. The van der Waals surface area contributed by atoms with E-state index in [0.29, 0.717) is 12.1 Å². The van der Waals surface area contributed by atoms with Crippen LogP contribution in [0.2, 0.25) is 0 Å². The van der Waals surface area contributed by atoms with Crippen LogP contribution < -0.4 is 10.7 Å². The maximum absolute atomic E-state index is 14.1. The van der Waals surface area contributed by atoms with Gasteiger partial charge in [0, 0.05) is 24.0 Å². The van der Waals surface area contributed by atoms with Crippen molar-refractivity contribution in [2.75, 3.05) is 6.54 Å². The molecule has 1 aliphatic heterocycles. The normalized spacial score (nSPS) is 13.1. The van der Waals surface area contributed by atoms with Crippen LogP contribution in [0.1, 0.15) is 22.2 Å². The highest BCUT2D eigenvalue weighted by atomic mass is 19.1. The van der Waals surface area contributed by atoms with E-state index in [1.807, 2.05) is 39.1 Å². The molecule has 1 N–H and O–H groups in total. The molecule has 0 bridgehead atoms. The molecule has 2 heterocycles. The molecule has 0 amide bonds. The first-order chi connectivity index (χ1) is 10.7. The van der Waals surface area contributed by atoms with Gasteiger partial charge in [-0.1, -0.05) is 50.8 Å². The van der Waals surface area contributed by atoms with Gasteiger partial charge < -0.3 is 4.98 Å². The SMILES string of the molecule is C=CC1=c2c(-c3ccccc3F)c[nH]c2=NCC=C1C.CC.[HH]. The zero-order valence-electron chi connectivity index (χ0n) is 13.3. The molecule has 0 aliphatic carbocycles. The van der Waals surface area contributed by atoms with E-state index in [9.17, 15) is 4.39 Å². The molecule has 2 aromatic rings. The van der Waals surface area contributed by atoms with Crippen molar-refractivity contribution < 1.29 is 5.82 Å². The maximum Gasteiger partial charge on any atom is 0.133 e. The number of fused-ring (bicyclic) bond motifs is 1. The molecule has 3 rings (SSSR count). The number of H-pyrrole nitrogens is 1. The molecule has 3 heteroatoms. The minimum Gasteiger partial charge on any atom is -0.346 e. The molecule has 0 saturated heterocycles. The average Bonchev–Trinajstić information content (AvgIpc) is 2.87. The van der Waals surface area contributed by atoms with Crippen LogP contribution >= 0.6 is 0 Å².